The highest BCUT2D eigenvalue weighted by molar-refractivity contribution is 4.98. The van der Waals surface area contributed by atoms with Crippen LogP contribution in [0, 0.1) is 5.92 Å². The Balaban J connectivity index is 2.04. The molecule has 1 rings (SSSR count). The Bertz CT molecular complexity index is 324. The van der Waals surface area contributed by atoms with Crippen LogP contribution in [-0.4, -0.2) is 29.1 Å². The lowest BCUT2D eigenvalue weighted by molar-refractivity contribution is 0.104. The first-order valence-corrected chi connectivity index (χ1v) is 11.4. The van der Waals surface area contributed by atoms with Crippen molar-refractivity contribution < 1.29 is 0 Å². The van der Waals surface area contributed by atoms with Crippen LogP contribution in [0.2, 0.25) is 0 Å². The van der Waals surface area contributed by atoms with Gasteiger partial charge < -0.3 is 9.80 Å². The van der Waals surface area contributed by atoms with E-state index in [0.29, 0.717) is 12.1 Å². The van der Waals surface area contributed by atoms with Crippen LogP contribution in [-0.2, 0) is 0 Å². The number of rotatable bonds is 16. The molecular formula is C23H46N2. The Hall–Kier alpha value is -0.660. The lowest BCUT2D eigenvalue weighted by Crippen LogP contribution is -2.43. The van der Waals surface area contributed by atoms with Gasteiger partial charge in [-0.2, -0.15) is 0 Å². The van der Waals surface area contributed by atoms with Gasteiger partial charge in [0.25, 0.3) is 0 Å². The molecule has 0 aromatic heterocycles. The molecule has 0 aromatic carbocycles. The van der Waals surface area contributed by atoms with Gasteiger partial charge in [0, 0.05) is 25.5 Å². The smallest absolute Gasteiger partial charge is 0.103 e. The predicted molar refractivity (Wildman–Crippen MR) is 113 cm³/mol. The zero-order valence-electron chi connectivity index (χ0n) is 17.8. The zero-order chi connectivity index (χ0) is 18.3. The molecule has 0 amide bonds. The van der Waals surface area contributed by atoms with Crippen LogP contribution in [0.1, 0.15) is 111 Å². The van der Waals surface area contributed by atoms with Crippen molar-refractivity contribution in [3.8, 4) is 0 Å². The Kier molecular flexibility index (Phi) is 13.0. The van der Waals surface area contributed by atoms with Crippen LogP contribution < -0.4 is 0 Å². The summed E-state index contributed by atoms with van der Waals surface area (Å²) in [6.07, 6.45) is 23.6. The minimum absolute atomic E-state index is 0.592. The van der Waals surface area contributed by atoms with Gasteiger partial charge >= 0.3 is 0 Å². The summed E-state index contributed by atoms with van der Waals surface area (Å²) >= 11 is 0. The Morgan fingerprint density at radius 3 is 1.44 bits per heavy atom. The van der Waals surface area contributed by atoms with E-state index in [2.05, 4.69) is 49.9 Å². The van der Waals surface area contributed by atoms with Crippen molar-refractivity contribution in [2.45, 2.75) is 117 Å². The molecule has 0 N–H and O–H groups in total. The van der Waals surface area contributed by atoms with Crippen LogP contribution >= 0.6 is 0 Å². The van der Waals surface area contributed by atoms with E-state index in [0.717, 1.165) is 0 Å². The molecular weight excluding hydrogens is 304 g/mol. The summed E-state index contributed by atoms with van der Waals surface area (Å²) in [4.78, 5) is 5.15. The highest BCUT2D eigenvalue weighted by atomic mass is 15.4. The van der Waals surface area contributed by atoms with Crippen LogP contribution in [0.4, 0.5) is 0 Å². The van der Waals surface area contributed by atoms with Gasteiger partial charge in [-0.25, -0.2) is 0 Å². The molecule has 0 aromatic rings. The fraction of sp³-hybridized carbons (Fsp3) is 0.913. The Morgan fingerprint density at radius 1 is 0.600 bits per heavy atom. The Labute approximate surface area is 159 Å². The molecule has 1 atom stereocenters. The Morgan fingerprint density at radius 2 is 1.00 bits per heavy atom. The molecule has 1 heterocycles. The van der Waals surface area contributed by atoms with E-state index in [1.165, 1.54) is 96.6 Å². The monoisotopic (exact) mass is 350 g/mol. The second-order valence-electron chi connectivity index (χ2n) is 8.32. The molecule has 148 valence electrons. The number of hydrogen-bond acceptors (Lipinski definition) is 2. The molecule has 0 radical (unpaired) electrons. The summed E-state index contributed by atoms with van der Waals surface area (Å²) in [5, 5.41) is 0. The third-order valence-corrected chi connectivity index (χ3v) is 5.52. The van der Waals surface area contributed by atoms with Gasteiger partial charge in [0.2, 0.25) is 0 Å². The molecule has 0 aliphatic carbocycles. The van der Waals surface area contributed by atoms with Gasteiger partial charge in [0.1, 0.15) is 6.17 Å². The van der Waals surface area contributed by atoms with Crippen molar-refractivity contribution in [3.63, 3.8) is 0 Å². The molecule has 2 heteroatoms. The molecule has 1 aliphatic rings. The summed E-state index contributed by atoms with van der Waals surface area (Å²) < 4.78 is 0. The van der Waals surface area contributed by atoms with Gasteiger partial charge in [0.05, 0.1) is 0 Å². The van der Waals surface area contributed by atoms with Crippen LogP contribution in [0.25, 0.3) is 0 Å². The third-order valence-electron chi connectivity index (χ3n) is 5.52. The zero-order valence-corrected chi connectivity index (χ0v) is 17.8. The largest absolute Gasteiger partial charge is 0.356 e. The van der Waals surface area contributed by atoms with Crippen LogP contribution in [0.15, 0.2) is 12.4 Å². The van der Waals surface area contributed by atoms with E-state index in [-0.39, 0.29) is 0 Å². The maximum absolute atomic E-state index is 2.59. The van der Waals surface area contributed by atoms with Crippen LogP contribution in [0.3, 0.4) is 0 Å². The van der Waals surface area contributed by atoms with E-state index in [4.69, 9.17) is 0 Å². The maximum atomic E-state index is 2.59. The van der Waals surface area contributed by atoms with Gasteiger partial charge in [0.15, 0.2) is 0 Å². The minimum atomic E-state index is 0.592. The molecule has 0 saturated heterocycles. The summed E-state index contributed by atoms with van der Waals surface area (Å²) in [5.74, 6) is 0.694. The summed E-state index contributed by atoms with van der Waals surface area (Å²) in [6.45, 7) is 11.8. The van der Waals surface area contributed by atoms with E-state index in [1.807, 2.05) is 0 Å². The molecule has 0 saturated carbocycles. The van der Waals surface area contributed by atoms with Crippen molar-refractivity contribution in [3.05, 3.63) is 12.4 Å². The molecule has 0 fully saturated rings. The quantitative estimate of drug-likeness (QED) is 0.272. The van der Waals surface area contributed by atoms with E-state index >= 15 is 0 Å². The third kappa shape index (κ3) is 9.56. The highest BCUT2D eigenvalue weighted by Crippen LogP contribution is 2.24. The maximum Gasteiger partial charge on any atom is 0.103 e. The normalized spacial score (nSPS) is 17.2. The van der Waals surface area contributed by atoms with Crippen LogP contribution in [0.5, 0.6) is 0 Å². The van der Waals surface area contributed by atoms with Crippen molar-refractivity contribution in [1.82, 2.24) is 9.80 Å². The van der Waals surface area contributed by atoms with Crippen molar-refractivity contribution in [1.29, 1.82) is 0 Å². The standard InChI is InChI=1S/C23H46N2/c1-5-7-9-10-11-12-13-14-15-16-17-19-25-21-20-24(18-8-6-2)23(25)22(3)4/h20-23H,5-19H2,1-4H3. The second-order valence-corrected chi connectivity index (χ2v) is 8.32. The van der Waals surface area contributed by atoms with E-state index < -0.39 is 0 Å². The second kappa shape index (κ2) is 14.5. The summed E-state index contributed by atoms with van der Waals surface area (Å²) in [5.41, 5.74) is 0. The highest BCUT2D eigenvalue weighted by Gasteiger charge is 2.27. The first-order chi connectivity index (χ1) is 12.2. The topological polar surface area (TPSA) is 6.48 Å². The van der Waals surface area contributed by atoms with Crippen molar-refractivity contribution in [2.75, 3.05) is 13.1 Å². The molecule has 25 heavy (non-hydrogen) atoms. The summed E-state index contributed by atoms with van der Waals surface area (Å²) in [7, 11) is 0. The average molecular weight is 351 g/mol. The van der Waals surface area contributed by atoms with Gasteiger partial charge in [-0.15, -0.1) is 0 Å². The van der Waals surface area contributed by atoms with Gasteiger partial charge in [-0.05, 0) is 18.8 Å². The first kappa shape index (κ1) is 22.4. The predicted octanol–water partition coefficient (Wildman–Crippen LogP) is 7.17. The number of hydrogen-bond donors (Lipinski definition) is 0. The summed E-state index contributed by atoms with van der Waals surface area (Å²) in [6, 6.07) is 0. The lowest BCUT2D eigenvalue weighted by Gasteiger charge is -2.35. The minimum Gasteiger partial charge on any atom is -0.356 e. The average Bonchev–Trinajstić information content (AvgIpc) is 3.01. The molecule has 1 aliphatic heterocycles. The molecule has 0 spiro atoms. The van der Waals surface area contributed by atoms with E-state index in [1.54, 1.807) is 0 Å². The first-order valence-electron chi connectivity index (χ1n) is 11.4. The fourth-order valence-corrected chi connectivity index (χ4v) is 4.02. The van der Waals surface area contributed by atoms with Crippen molar-refractivity contribution in [2.24, 2.45) is 5.92 Å². The molecule has 1 unspecified atom stereocenters. The van der Waals surface area contributed by atoms with E-state index in [9.17, 15) is 0 Å². The van der Waals surface area contributed by atoms with Crippen molar-refractivity contribution >= 4 is 0 Å². The molecule has 2 nitrogen and oxygen atoms in total. The number of unbranched alkanes of at least 4 members (excludes halogenated alkanes) is 11. The SMILES string of the molecule is CCCCCCCCCCCCCN1C=CN(CCCC)C1C(C)C. The van der Waals surface area contributed by atoms with Gasteiger partial charge in [-0.1, -0.05) is 98.3 Å². The number of nitrogens with zero attached hydrogens (tertiary/aromatic N) is 2. The van der Waals surface area contributed by atoms with Gasteiger partial charge in [-0.3, -0.25) is 0 Å². The fourth-order valence-electron chi connectivity index (χ4n) is 4.02. The lowest BCUT2D eigenvalue weighted by atomic mass is 10.1. The molecule has 0 bridgehead atoms.